The molecule has 1 atom stereocenters. The number of amides is 1. The van der Waals surface area contributed by atoms with Gasteiger partial charge in [-0.3, -0.25) is 9.59 Å². The summed E-state index contributed by atoms with van der Waals surface area (Å²) in [6, 6.07) is 13.8. The van der Waals surface area contributed by atoms with E-state index in [9.17, 15) is 9.59 Å². The SMILES string of the molecule is CCC(=O)CCCC(NC(=O)C12CCN(CC1)CC2)c1nnc(-c2ccc3ccccc3c2)o1. The summed E-state index contributed by atoms with van der Waals surface area (Å²) in [6.45, 7) is 4.82. The van der Waals surface area contributed by atoms with Gasteiger partial charge in [0.2, 0.25) is 17.7 Å². The van der Waals surface area contributed by atoms with Crippen molar-refractivity contribution in [2.75, 3.05) is 19.6 Å². The van der Waals surface area contributed by atoms with Gasteiger partial charge in [-0.2, -0.15) is 0 Å². The zero-order valence-electron chi connectivity index (χ0n) is 19.8. The van der Waals surface area contributed by atoms with Crippen molar-refractivity contribution >= 4 is 22.5 Å². The molecule has 2 aromatic carbocycles. The maximum Gasteiger partial charge on any atom is 0.247 e. The molecule has 1 amide bonds. The quantitative estimate of drug-likeness (QED) is 0.499. The zero-order chi connectivity index (χ0) is 23.5. The molecule has 1 unspecified atom stereocenters. The standard InChI is InChI=1S/C27H32N4O3/c1-2-22(32)8-5-9-23(28-26(33)27-12-15-31(16-13-27)17-14-27)25-30-29-24(34-25)21-11-10-19-6-3-4-7-20(19)18-21/h3-4,6-7,10-11,18,23H,2,5,8-9,12-17H2,1H3,(H,28,33). The second-order valence-corrected chi connectivity index (χ2v) is 9.69. The van der Waals surface area contributed by atoms with Crippen LogP contribution in [-0.2, 0) is 9.59 Å². The maximum absolute atomic E-state index is 13.4. The minimum atomic E-state index is -0.395. The van der Waals surface area contributed by atoms with Crippen LogP contribution in [0.3, 0.4) is 0 Å². The van der Waals surface area contributed by atoms with Crippen molar-refractivity contribution in [1.82, 2.24) is 20.4 Å². The molecule has 3 fully saturated rings. The number of nitrogens with one attached hydrogen (secondary N) is 1. The average Bonchev–Trinajstić information content (AvgIpc) is 3.39. The molecule has 3 aliphatic rings. The van der Waals surface area contributed by atoms with Gasteiger partial charge in [-0.05, 0) is 74.6 Å². The predicted molar refractivity (Wildman–Crippen MR) is 130 cm³/mol. The summed E-state index contributed by atoms with van der Waals surface area (Å²) >= 11 is 0. The highest BCUT2D eigenvalue weighted by Gasteiger charge is 2.45. The highest BCUT2D eigenvalue weighted by molar-refractivity contribution is 5.86. The van der Waals surface area contributed by atoms with Gasteiger partial charge < -0.3 is 14.6 Å². The van der Waals surface area contributed by atoms with E-state index in [2.05, 4.69) is 32.5 Å². The van der Waals surface area contributed by atoms with E-state index in [1.807, 2.05) is 37.3 Å². The Kier molecular flexibility index (Phi) is 6.46. The smallest absolute Gasteiger partial charge is 0.247 e. The van der Waals surface area contributed by atoms with Crippen LogP contribution in [0.1, 0.15) is 63.8 Å². The number of benzene rings is 2. The Hall–Kier alpha value is -3.06. The number of nitrogens with zero attached hydrogens (tertiary/aromatic N) is 3. The largest absolute Gasteiger partial charge is 0.418 e. The molecule has 0 saturated carbocycles. The highest BCUT2D eigenvalue weighted by atomic mass is 16.4. The number of ketones is 1. The molecule has 34 heavy (non-hydrogen) atoms. The molecule has 0 radical (unpaired) electrons. The molecule has 7 nitrogen and oxygen atoms in total. The van der Waals surface area contributed by atoms with E-state index in [-0.39, 0.29) is 17.1 Å². The number of aromatic nitrogens is 2. The van der Waals surface area contributed by atoms with E-state index < -0.39 is 6.04 Å². The zero-order valence-corrected chi connectivity index (χ0v) is 19.8. The van der Waals surface area contributed by atoms with Crippen LogP contribution in [0.15, 0.2) is 46.9 Å². The third kappa shape index (κ3) is 4.62. The third-order valence-corrected chi connectivity index (χ3v) is 7.58. The summed E-state index contributed by atoms with van der Waals surface area (Å²) in [6.07, 6.45) is 4.98. The Bertz CT molecular complexity index is 1170. The van der Waals surface area contributed by atoms with E-state index in [0.29, 0.717) is 37.5 Å². The lowest BCUT2D eigenvalue weighted by Gasteiger charge is -2.47. The number of rotatable bonds is 9. The van der Waals surface area contributed by atoms with Crippen LogP contribution in [-0.4, -0.2) is 46.4 Å². The van der Waals surface area contributed by atoms with Gasteiger partial charge >= 0.3 is 0 Å². The summed E-state index contributed by atoms with van der Waals surface area (Å²) in [5.74, 6) is 1.16. The van der Waals surface area contributed by atoms with Gasteiger partial charge in [0, 0.05) is 18.4 Å². The van der Waals surface area contributed by atoms with E-state index in [1.54, 1.807) is 0 Å². The molecule has 178 valence electrons. The summed E-state index contributed by atoms with van der Waals surface area (Å²) in [4.78, 5) is 27.7. The van der Waals surface area contributed by atoms with Crippen LogP contribution in [0.5, 0.6) is 0 Å². The number of piperidine rings is 3. The van der Waals surface area contributed by atoms with Gasteiger partial charge in [0.25, 0.3) is 0 Å². The molecule has 3 saturated heterocycles. The summed E-state index contributed by atoms with van der Waals surface area (Å²) in [7, 11) is 0. The first-order valence-electron chi connectivity index (χ1n) is 12.4. The Labute approximate surface area is 199 Å². The molecule has 1 N–H and O–H groups in total. The fourth-order valence-corrected chi connectivity index (χ4v) is 5.23. The van der Waals surface area contributed by atoms with E-state index >= 15 is 0 Å². The topological polar surface area (TPSA) is 88.3 Å². The van der Waals surface area contributed by atoms with E-state index in [0.717, 1.165) is 55.2 Å². The normalized spacial score (nSPS) is 22.6. The molecule has 3 aliphatic heterocycles. The van der Waals surface area contributed by atoms with Gasteiger partial charge in [0.1, 0.15) is 11.8 Å². The third-order valence-electron chi connectivity index (χ3n) is 7.58. The van der Waals surface area contributed by atoms with Crippen molar-refractivity contribution in [3.05, 3.63) is 48.4 Å². The number of hydrogen-bond donors (Lipinski definition) is 1. The van der Waals surface area contributed by atoms with Crippen molar-refractivity contribution in [1.29, 1.82) is 0 Å². The molecule has 1 aromatic heterocycles. The van der Waals surface area contributed by atoms with Crippen molar-refractivity contribution < 1.29 is 14.0 Å². The lowest BCUT2D eigenvalue weighted by molar-refractivity contribution is -0.139. The van der Waals surface area contributed by atoms with Crippen LogP contribution in [0, 0.1) is 5.41 Å². The van der Waals surface area contributed by atoms with E-state index in [4.69, 9.17) is 4.42 Å². The van der Waals surface area contributed by atoms with Crippen LogP contribution < -0.4 is 5.32 Å². The number of carbonyl (C=O) groups is 2. The van der Waals surface area contributed by atoms with Crippen molar-refractivity contribution in [2.45, 2.75) is 57.9 Å². The molecule has 2 bridgehead atoms. The van der Waals surface area contributed by atoms with Gasteiger partial charge in [0.15, 0.2) is 0 Å². The summed E-state index contributed by atoms with van der Waals surface area (Å²) < 4.78 is 6.10. The van der Waals surface area contributed by atoms with Gasteiger partial charge in [0.05, 0.1) is 5.41 Å². The Morgan fingerprint density at radius 1 is 1.06 bits per heavy atom. The van der Waals surface area contributed by atoms with Crippen molar-refractivity contribution in [2.24, 2.45) is 5.41 Å². The van der Waals surface area contributed by atoms with Crippen molar-refractivity contribution in [3.63, 3.8) is 0 Å². The Balaban J connectivity index is 1.36. The number of Topliss-reactive ketones (excluding diaryl/α,β-unsaturated/α-hetero) is 1. The number of hydrogen-bond acceptors (Lipinski definition) is 6. The van der Waals surface area contributed by atoms with Crippen LogP contribution in [0.25, 0.3) is 22.2 Å². The molecular weight excluding hydrogens is 428 g/mol. The maximum atomic E-state index is 13.4. The Morgan fingerprint density at radius 3 is 2.53 bits per heavy atom. The molecule has 3 aromatic rings. The minimum absolute atomic E-state index is 0.0872. The van der Waals surface area contributed by atoms with Crippen LogP contribution in [0.4, 0.5) is 0 Å². The van der Waals surface area contributed by atoms with E-state index in [1.165, 1.54) is 0 Å². The first kappa shape index (κ1) is 22.7. The highest BCUT2D eigenvalue weighted by Crippen LogP contribution is 2.41. The molecular formula is C27H32N4O3. The second kappa shape index (κ2) is 9.66. The van der Waals surface area contributed by atoms with Gasteiger partial charge in [-0.15, -0.1) is 10.2 Å². The fourth-order valence-electron chi connectivity index (χ4n) is 5.23. The molecule has 7 heteroatoms. The lowest BCUT2D eigenvalue weighted by Crippen LogP contribution is -2.55. The first-order chi connectivity index (χ1) is 16.6. The molecule has 4 heterocycles. The van der Waals surface area contributed by atoms with Crippen LogP contribution >= 0.6 is 0 Å². The predicted octanol–water partition coefficient (Wildman–Crippen LogP) is 4.68. The summed E-state index contributed by atoms with van der Waals surface area (Å²) in [5.41, 5.74) is 0.551. The summed E-state index contributed by atoms with van der Waals surface area (Å²) in [5, 5.41) is 14.1. The first-order valence-corrected chi connectivity index (χ1v) is 12.4. The molecule has 6 rings (SSSR count). The van der Waals surface area contributed by atoms with Gasteiger partial charge in [-0.25, -0.2) is 0 Å². The van der Waals surface area contributed by atoms with Crippen LogP contribution in [0.2, 0.25) is 0 Å². The monoisotopic (exact) mass is 460 g/mol. The number of carbonyl (C=O) groups excluding carboxylic acids is 2. The minimum Gasteiger partial charge on any atom is -0.418 e. The lowest BCUT2D eigenvalue weighted by atomic mass is 9.71. The van der Waals surface area contributed by atoms with Gasteiger partial charge in [-0.1, -0.05) is 37.3 Å². The second-order valence-electron chi connectivity index (χ2n) is 9.69. The molecule has 0 spiro atoms. The Morgan fingerprint density at radius 2 is 1.79 bits per heavy atom. The fraction of sp³-hybridized carbons (Fsp3) is 0.481. The average molecular weight is 461 g/mol. The molecule has 0 aliphatic carbocycles. The van der Waals surface area contributed by atoms with Crippen molar-refractivity contribution in [3.8, 4) is 11.5 Å². The number of fused-ring (bicyclic) bond motifs is 4.